The van der Waals surface area contributed by atoms with E-state index in [1.165, 1.54) is 22.3 Å². The summed E-state index contributed by atoms with van der Waals surface area (Å²) in [7, 11) is 0. The lowest BCUT2D eigenvalue weighted by atomic mass is 9.89. The van der Waals surface area contributed by atoms with Crippen molar-refractivity contribution in [2.24, 2.45) is 0 Å². The van der Waals surface area contributed by atoms with Crippen molar-refractivity contribution in [1.29, 1.82) is 5.26 Å². The average molecular weight is 864 g/mol. The molecule has 0 saturated heterocycles. The molecule has 314 valence electrons. The number of benzene rings is 10. The lowest BCUT2D eigenvalue weighted by molar-refractivity contribution is 1.02. The van der Waals surface area contributed by atoms with Crippen LogP contribution in [0.4, 0.5) is 5.69 Å². The minimum absolute atomic E-state index is 0.0168. The number of nitrogens with zero attached hydrogens (tertiary/aromatic N) is 5. The highest BCUT2D eigenvalue weighted by Crippen LogP contribution is 2.55. The van der Waals surface area contributed by atoms with Gasteiger partial charge in [-0.2, -0.15) is 5.26 Å². The Balaban J connectivity index is 1.24. The Morgan fingerprint density at radius 2 is 1.00 bits per heavy atom. The highest BCUT2D eigenvalue weighted by atomic mass is 15.1. The molecule has 0 spiro atoms. The van der Waals surface area contributed by atoms with Gasteiger partial charge in [-0.25, -0.2) is 4.85 Å². The predicted octanol–water partition coefficient (Wildman–Crippen LogP) is 16.2. The van der Waals surface area contributed by atoms with Gasteiger partial charge < -0.3 is 13.7 Å². The number of aromatic nitrogens is 3. The molecular formula is C63H37N5. The van der Waals surface area contributed by atoms with Gasteiger partial charge in [0.1, 0.15) is 0 Å². The van der Waals surface area contributed by atoms with E-state index in [1.54, 1.807) is 0 Å². The van der Waals surface area contributed by atoms with E-state index in [4.69, 9.17) is 6.57 Å². The molecule has 5 heteroatoms. The number of hydrogen-bond acceptors (Lipinski definition) is 1. The van der Waals surface area contributed by atoms with E-state index in [0.29, 0.717) is 11.3 Å². The van der Waals surface area contributed by atoms with Crippen molar-refractivity contribution >= 4 is 71.1 Å². The Morgan fingerprint density at radius 3 is 1.69 bits per heavy atom. The summed E-state index contributed by atoms with van der Waals surface area (Å²) in [5.74, 6) is 0.0168. The molecule has 10 aromatic carbocycles. The van der Waals surface area contributed by atoms with E-state index in [1.807, 2.05) is 24.3 Å². The van der Waals surface area contributed by atoms with Crippen LogP contribution >= 0.6 is 0 Å². The van der Waals surface area contributed by atoms with Gasteiger partial charge in [0, 0.05) is 55.0 Å². The first-order valence-electron chi connectivity index (χ1n) is 23.0. The number of fused-ring (bicyclic) bond motifs is 14. The Labute approximate surface area is 391 Å². The summed E-state index contributed by atoms with van der Waals surface area (Å²) in [6, 6.07) is 79.9. The zero-order valence-corrected chi connectivity index (χ0v) is 36.6. The molecule has 3 aromatic heterocycles. The van der Waals surface area contributed by atoms with E-state index in [9.17, 15) is 5.26 Å². The number of rotatable bonds is 5. The van der Waals surface area contributed by atoms with Crippen LogP contribution in [0.25, 0.3) is 110 Å². The van der Waals surface area contributed by atoms with Crippen molar-refractivity contribution in [3.8, 4) is 45.4 Å². The molecular weight excluding hydrogens is 827 g/mol. The molecule has 0 aliphatic heterocycles. The fourth-order valence-corrected chi connectivity index (χ4v) is 11.7. The van der Waals surface area contributed by atoms with Crippen LogP contribution in [0.5, 0.6) is 0 Å². The quantitative estimate of drug-likeness (QED) is 0.159. The van der Waals surface area contributed by atoms with Crippen LogP contribution in [-0.4, -0.2) is 13.7 Å². The van der Waals surface area contributed by atoms with Crippen molar-refractivity contribution in [2.45, 2.75) is 5.92 Å². The molecule has 3 heterocycles. The fourth-order valence-electron chi connectivity index (χ4n) is 11.7. The van der Waals surface area contributed by atoms with Crippen molar-refractivity contribution < 1.29 is 0 Å². The maximum absolute atomic E-state index is 11.4. The van der Waals surface area contributed by atoms with Gasteiger partial charge in [-0.3, -0.25) is 0 Å². The normalized spacial score (nSPS) is 13.1. The van der Waals surface area contributed by atoms with Crippen molar-refractivity contribution in [1.82, 2.24) is 13.7 Å². The molecule has 0 bridgehead atoms. The summed E-state index contributed by atoms with van der Waals surface area (Å²) >= 11 is 0. The number of hydrogen-bond donors (Lipinski definition) is 0. The maximum atomic E-state index is 11.4. The summed E-state index contributed by atoms with van der Waals surface area (Å²) < 4.78 is 7.12. The van der Waals surface area contributed by atoms with E-state index < -0.39 is 0 Å². The monoisotopic (exact) mass is 863 g/mol. The Hall–Kier alpha value is -9.42. The smallest absolute Gasteiger partial charge is 0.214 e. The van der Waals surface area contributed by atoms with Crippen LogP contribution < -0.4 is 0 Å². The van der Waals surface area contributed by atoms with Crippen LogP contribution in [0, 0.1) is 17.9 Å². The van der Waals surface area contributed by atoms with Gasteiger partial charge in [-0.05, 0) is 70.3 Å². The molecule has 1 aliphatic rings. The molecule has 0 amide bonds. The van der Waals surface area contributed by atoms with Crippen LogP contribution in [-0.2, 0) is 0 Å². The molecule has 0 N–H and O–H groups in total. The van der Waals surface area contributed by atoms with E-state index in [0.717, 1.165) is 99.2 Å². The molecule has 1 aliphatic carbocycles. The maximum Gasteiger partial charge on any atom is 0.214 e. The summed E-state index contributed by atoms with van der Waals surface area (Å²) in [4.78, 5) is 4.43. The molecule has 5 nitrogen and oxygen atoms in total. The van der Waals surface area contributed by atoms with E-state index in [2.05, 4.69) is 219 Å². The molecule has 68 heavy (non-hydrogen) atoms. The van der Waals surface area contributed by atoms with Gasteiger partial charge in [0.2, 0.25) is 5.69 Å². The Kier molecular flexibility index (Phi) is 8.11. The minimum Gasteiger partial charge on any atom is -0.316 e. The first kappa shape index (κ1) is 37.9. The Bertz CT molecular complexity index is 4330. The van der Waals surface area contributed by atoms with Gasteiger partial charge >= 0.3 is 0 Å². The first-order chi connectivity index (χ1) is 33.7. The first-order valence-corrected chi connectivity index (χ1v) is 23.0. The molecule has 1 atom stereocenters. The number of para-hydroxylation sites is 4. The number of nitriles is 1. The standard InChI is InChI=1S/C63H37N5/c1-65-51-37-41(38-64)56(39-19-5-2-6-20-39)63(68-53-31-17-14-25-43(53)47-33-34-50-57(40-21-7-3-8-22-40)45-27-11-12-28-46(45)58(50)60(47)68)62(51)67-52-30-16-13-26-44(52)48-35-36-55-59(61(48)67)49-29-15-18-32-54(49)66(55)42-23-9-4-10-24-42/h2-37,57H. The average Bonchev–Trinajstić information content (AvgIpc) is 4.13. The highest BCUT2D eigenvalue weighted by Gasteiger charge is 2.35. The van der Waals surface area contributed by atoms with Gasteiger partial charge in [0.25, 0.3) is 0 Å². The largest absolute Gasteiger partial charge is 0.316 e. The second-order valence-corrected chi connectivity index (χ2v) is 17.7. The third-order valence-corrected chi connectivity index (χ3v) is 14.3. The second kappa shape index (κ2) is 14.5. The van der Waals surface area contributed by atoms with Crippen molar-refractivity contribution in [3.05, 3.63) is 252 Å². The second-order valence-electron chi connectivity index (χ2n) is 17.7. The SMILES string of the molecule is [C-]#[N+]c1cc(C#N)c(-c2ccccc2)c(-n2c3ccccc3c3ccc4c(c32)-c2ccccc2C4c2ccccc2)c1-n1c2ccccc2c2ccc3c(c4ccccc4n3-c3ccccc3)c21. The lowest BCUT2D eigenvalue weighted by Crippen LogP contribution is -2.08. The highest BCUT2D eigenvalue weighted by molar-refractivity contribution is 6.27. The third kappa shape index (κ3) is 5.13. The Morgan fingerprint density at radius 1 is 0.441 bits per heavy atom. The molecule has 0 fully saturated rings. The van der Waals surface area contributed by atoms with Gasteiger partial charge in [-0.15, -0.1) is 0 Å². The lowest BCUT2D eigenvalue weighted by Gasteiger charge is -2.24. The van der Waals surface area contributed by atoms with Gasteiger partial charge in [0.15, 0.2) is 0 Å². The molecule has 13 aromatic rings. The minimum atomic E-state index is 0.0168. The van der Waals surface area contributed by atoms with Crippen molar-refractivity contribution in [3.63, 3.8) is 0 Å². The summed E-state index contributed by atoms with van der Waals surface area (Å²) in [5, 5.41) is 17.9. The van der Waals surface area contributed by atoms with Gasteiger partial charge in [0.05, 0.1) is 62.7 Å². The molecule has 1 unspecified atom stereocenters. The van der Waals surface area contributed by atoms with E-state index >= 15 is 0 Å². The van der Waals surface area contributed by atoms with Crippen molar-refractivity contribution in [2.75, 3.05) is 0 Å². The van der Waals surface area contributed by atoms with Crippen LogP contribution in [0.1, 0.15) is 28.2 Å². The third-order valence-electron chi connectivity index (χ3n) is 14.3. The zero-order valence-electron chi connectivity index (χ0n) is 36.6. The van der Waals surface area contributed by atoms with Crippen LogP contribution in [0.2, 0.25) is 0 Å². The van der Waals surface area contributed by atoms with Crippen LogP contribution in [0.3, 0.4) is 0 Å². The van der Waals surface area contributed by atoms with E-state index in [-0.39, 0.29) is 5.92 Å². The fraction of sp³-hybridized carbons (Fsp3) is 0.0159. The predicted molar refractivity (Wildman–Crippen MR) is 279 cm³/mol. The topological polar surface area (TPSA) is 42.9 Å². The summed E-state index contributed by atoms with van der Waals surface area (Å²) in [6.07, 6.45) is 0. The van der Waals surface area contributed by atoms with Crippen LogP contribution in [0.15, 0.2) is 218 Å². The molecule has 0 radical (unpaired) electrons. The summed E-state index contributed by atoms with van der Waals surface area (Å²) in [6.45, 7) is 9.14. The molecule has 0 saturated carbocycles. The van der Waals surface area contributed by atoms with Gasteiger partial charge in [-0.1, -0.05) is 176 Å². The zero-order chi connectivity index (χ0) is 45.0. The summed E-state index contributed by atoms with van der Waals surface area (Å²) in [5.41, 5.74) is 17.3. The molecule has 14 rings (SSSR count).